The largest absolute Gasteiger partial charge is 0.495 e. The van der Waals surface area contributed by atoms with Crippen molar-refractivity contribution in [3.8, 4) is 11.4 Å². The molecule has 1 fully saturated rings. The minimum absolute atomic E-state index is 0.124. The standard InChI is InChI=1S/C29H28ClN5O2S/c1-19-18-20(12-13-21(19)30)34-16-7-10-24(34)28-27(23-9-5-6-15-31-23)33-29(38)35(28)17-14-26(36)32-22-8-3-4-11-25(22)37-2/h3-13,15-16,18,27-28H,14,17H2,1-2H3,(H,32,36)(H,33,38)/t27-,28+/m0/s1. The number of methoxy groups -OCH3 is 1. The number of ether oxygens (including phenoxy) is 1. The molecule has 0 radical (unpaired) electrons. The highest BCUT2D eigenvalue weighted by Crippen LogP contribution is 2.40. The minimum Gasteiger partial charge on any atom is -0.495 e. The number of para-hydroxylation sites is 2. The van der Waals surface area contributed by atoms with Crippen molar-refractivity contribution in [2.24, 2.45) is 0 Å². The molecule has 0 bridgehead atoms. The maximum Gasteiger partial charge on any atom is 0.226 e. The third-order valence-corrected chi connectivity index (χ3v) is 7.44. The van der Waals surface area contributed by atoms with Crippen molar-refractivity contribution < 1.29 is 9.53 Å². The summed E-state index contributed by atoms with van der Waals surface area (Å²) in [5.41, 5.74) is 4.53. The van der Waals surface area contributed by atoms with Gasteiger partial charge in [-0.15, -0.1) is 0 Å². The molecule has 2 aromatic carbocycles. The first-order valence-corrected chi connectivity index (χ1v) is 13.1. The maximum absolute atomic E-state index is 13.0. The van der Waals surface area contributed by atoms with Crippen LogP contribution >= 0.6 is 23.8 Å². The van der Waals surface area contributed by atoms with E-state index in [1.165, 1.54) is 0 Å². The van der Waals surface area contributed by atoms with Crippen LogP contribution in [0.3, 0.4) is 0 Å². The van der Waals surface area contributed by atoms with Crippen LogP contribution in [0.15, 0.2) is 85.2 Å². The average Bonchev–Trinajstić information content (AvgIpc) is 3.54. The molecule has 2 atom stereocenters. The lowest BCUT2D eigenvalue weighted by atomic mass is 10.0. The molecule has 5 rings (SSSR count). The summed E-state index contributed by atoms with van der Waals surface area (Å²) < 4.78 is 7.51. The second-order valence-corrected chi connectivity index (χ2v) is 9.85. The summed E-state index contributed by atoms with van der Waals surface area (Å²) in [7, 11) is 1.58. The van der Waals surface area contributed by atoms with Crippen molar-refractivity contribution in [2.75, 3.05) is 19.0 Å². The lowest BCUT2D eigenvalue weighted by Gasteiger charge is -2.29. The molecule has 7 nitrogen and oxygen atoms in total. The monoisotopic (exact) mass is 545 g/mol. The van der Waals surface area contributed by atoms with Crippen LogP contribution in [0.5, 0.6) is 5.75 Å². The Morgan fingerprint density at radius 1 is 1.13 bits per heavy atom. The summed E-state index contributed by atoms with van der Waals surface area (Å²) in [6, 6.07) is 22.9. The van der Waals surface area contributed by atoms with Crippen LogP contribution in [-0.4, -0.2) is 39.1 Å². The molecule has 1 amide bonds. The second-order valence-electron chi connectivity index (χ2n) is 9.05. The highest BCUT2D eigenvalue weighted by molar-refractivity contribution is 7.80. The summed E-state index contributed by atoms with van der Waals surface area (Å²) in [5, 5.41) is 7.72. The number of hydrogen-bond acceptors (Lipinski definition) is 4. The van der Waals surface area contributed by atoms with Crippen LogP contribution < -0.4 is 15.4 Å². The van der Waals surface area contributed by atoms with E-state index in [1.54, 1.807) is 13.3 Å². The van der Waals surface area contributed by atoms with E-state index in [0.717, 1.165) is 27.7 Å². The molecule has 0 unspecified atom stereocenters. The number of halogens is 1. The topological polar surface area (TPSA) is 71.4 Å². The van der Waals surface area contributed by atoms with E-state index in [2.05, 4.69) is 37.2 Å². The molecule has 38 heavy (non-hydrogen) atoms. The molecule has 1 saturated heterocycles. The van der Waals surface area contributed by atoms with Crippen LogP contribution in [-0.2, 0) is 4.79 Å². The number of hydrogen-bond donors (Lipinski definition) is 2. The third-order valence-electron chi connectivity index (χ3n) is 6.66. The van der Waals surface area contributed by atoms with Gasteiger partial charge in [0.25, 0.3) is 0 Å². The van der Waals surface area contributed by atoms with Crippen molar-refractivity contribution in [3.63, 3.8) is 0 Å². The highest BCUT2D eigenvalue weighted by Gasteiger charge is 2.41. The molecule has 3 heterocycles. The highest BCUT2D eigenvalue weighted by atomic mass is 35.5. The van der Waals surface area contributed by atoms with Crippen molar-refractivity contribution in [2.45, 2.75) is 25.4 Å². The Kier molecular flexibility index (Phi) is 7.62. The fourth-order valence-electron chi connectivity index (χ4n) is 4.80. The van der Waals surface area contributed by atoms with Crippen molar-refractivity contribution in [1.82, 2.24) is 19.8 Å². The van der Waals surface area contributed by atoms with Crippen LogP contribution in [0.4, 0.5) is 5.69 Å². The second kappa shape index (κ2) is 11.2. The number of pyridine rings is 1. The van der Waals surface area contributed by atoms with Gasteiger partial charge in [0.1, 0.15) is 5.75 Å². The van der Waals surface area contributed by atoms with E-state index in [4.69, 9.17) is 28.6 Å². The van der Waals surface area contributed by atoms with Gasteiger partial charge in [-0.05, 0) is 79.3 Å². The fraction of sp³-hybridized carbons (Fsp3) is 0.207. The number of nitrogens with zero attached hydrogens (tertiary/aromatic N) is 3. The van der Waals surface area contributed by atoms with E-state index < -0.39 is 0 Å². The molecule has 2 aromatic heterocycles. The lowest BCUT2D eigenvalue weighted by Crippen LogP contribution is -2.33. The number of carbonyl (C=O) groups excluding carboxylic acids is 1. The molecule has 1 aliphatic heterocycles. The molecule has 0 saturated carbocycles. The van der Waals surface area contributed by atoms with Crippen molar-refractivity contribution in [1.29, 1.82) is 0 Å². The first-order chi connectivity index (χ1) is 18.5. The van der Waals surface area contributed by atoms with Crippen LogP contribution in [0.1, 0.15) is 35.5 Å². The summed E-state index contributed by atoms with van der Waals surface area (Å²) >= 11 is 12.1. The van der Waals surface area contributed by atoms with Gasteiger partial charge in [0.05, 0.1) is 30.6 Å². The molecule has 9 heteroatoms. The van der Waals surface area contributed by atoms with E-state index in [9.17, 15) is 4.79 Å². The maximum atomic E-state index is 13.0. The smallest absolute Gasteiger partial charge is 0.226 e. The number of benzene rings is 2. The predicted molar refractivity (Wildman–Crippen MR) is 154 cm³/mol. The van der Waals surface area contributed by atoms with Crippen LogP contribution in [0.2, 0.25) is 5.02 Å². The predicted octanol–water partition coefficient (Wildman–Crippen LogP) is 5.84. The van der Waals surface area contributed by atoms with E-state index in [1.807, 2.05) is 73.8 Å². The molecule has 194 valence electrons. The van der Waals surface area contributed by atoms with Gasteiger partial charge in [0.15, 0.2) is 5.11 Å². The van der Waals surface area contributed by atoms with Crippen molar-refractivity contribution in [3.05, 3.63) is 107 Å². The van der Waals surface area contributed by atoms with Crippen LogP contribution in [0.25, 0.3) is 5.69 Å². The number of anilines is 1. The summed E-state index contributed by atoms with van der Waals surface area (Å²) in [4.78, 5) is 19.7. The Labute approximate surface area is 232 Å². The zero-order chi connectivity index (χ0) is 26.6. The fourth-order valence-corrected chi connectivity index (χ4v) is 5.25. The molecular formula is C29H28ClN5O2S. The third kappa shape index (κ3) is 5.23. The van der Waals surface area contributed by atoms with E-state index in [-0.39, 0.29) is 24.4 Å². The van der Waals surface area contributed by atoms with Gasteiger partial charge in [-0.1, -0.05) is 29.8 Å². The first-order valence-electron chi connectivity index (χ1n) is 12.3. The minimum atomic E-state index is -0.192. The van der Waals surface area contributed by atoms with Gasteiger partial charge >= 0.3 is 0 Å². The zero-order valence-electron chi connectivity index (χ0n) is 21.1. The number of amides is 1. The summed E-state index contributed by atoms with van der Waals surface area (Å²) in [6.07, 6.45) is 4.05. The first kappa shape index (κ1) is 25.8. The van der Waals surface area contributed by atoms with E-state index >= 15 is 0 Å². The lowest BCUT2D eigenvalue weighted by molar-refractivity contribution is -0.116. The van der Waals surface area contributed by atoms with Gasteiger partial charge in [-0.2, -0.15) is 0 Å². The Balaban J connectivity index is 1.45. The SMILES string of the molecule is COc1ccccc1NC(=O)CCN1C(=S)N[C@@H](c2ccccn2)[C@H]1c1cccn1-c1ccc(Cl)c(C)c1. The number of thiocarbonyl (C=S) groups is 1. The quantitative estimate of drug-likeness (QED) is 0.271. The molecule has 2 N–H and O–H groups in total. The van der Waals surface area contributed by atoms with E-state index in [0.29, 0.717) is 23.1 Å². The Hall–Kier alpha value is -3.88. The number of carbonyl (C=O) groups is 1. The normalized spacial score (nSPS) is 16.8. The zero-order valence-corrected chi connectivity index (χ0v) is 22.7. The van der Waals surface area contributed by atoms with Gasteiger partial charge in [-0.25, -0.2) is 0 Å². The molecule has 0 aliphatic carbocycles. The van der Waals surface area contributed by atoms with Gasteiger partial charge in [-0.3, -0.25) is 9.78 Å². The van der Waals surface area contributed by atoms with Gasteiger partial charge in [0.2, 0.25) is 5.91 Å². The molecule has 1 aliphatic rings. The number of rotatable bonds is 8. The molecule has 4 aromatic rings. The van der Waals surface area contributed by atoms with Gasteiger partial charge in [0, 0.05) is 41.8 Å². The summed E-state index contributed by atoms with van der Waals surface area (Å²) in [6.45, 7) is 2.41. The van der Waals surface area contributed by atoms with Gasteiger partial charge < -0.3 is 24.8 Å². The molecule has 0 spiro atoms. The number of aromatic nitrogens is 2. The Morgan fingerprint density at radius 3 is 2.71 bits per heavy atom. The number of aryl methyl sites for hydroxylation is 1. The Morgan fingerprint density at radius 2 is 1.95 bits per heavy atom. The van der Waals surface area contributed by atoms with Crippen molar-refractivity contribution >= 4 is 40.5 Å². The molecular weight excluding hydrogens is 518 g/mol. The van der Waals surface area contributed by atoms with Crippen LogP contribution in [0, 0.1) is 6.92 Å². The average molecular weight is 546 g/mol. The summed E-state index contributed by atoms with van der Waals surface area (Å²) in [5.74, 6) is 0.490. The Bertz CT molecular complexity index is 1460. The number of nitrogens with one attached hydrogen (secondary N) is 2.